The summed E-state index contributed by atoms with van der Waals surface area (Å²) in [6.45, 7) is 6.78. The number of alkyl halides is 1. The molecule has 2 heteroatoms. The summed E-state index contributed by atoms with van der Waals surface area (Å²) in [5.41, 5.74) is 0.260. The van der Waals surface area contributed by atoms with Crippen LogP contribution in [-0.4, -0.2) is 23.5 Å². The fraction of sp³-hybridized carbons (Fsp3) is 1.00. The van der Waals surface area contributed by atoms with Gasteiger partial charge in [0, 0.05) is 0 Å². The van der Waals surface area contributed by atoms with Gasteiger partial charge in [0.25, 0.3) is 0 Å². The van der Waals surface area contributed by atoms with E-state index in [1.54, 1.807) is 0 Å². The van der Waals surface area contributed by atoms with Gasteiger partial charge in [-0.25, -0.2) is 0 Å². The minimum absolute atomic E-state index is 0.260. The van der Waals surface area contributed by atoms with Crippen molar-refractivity contribution in [3.63, 3.8) is 0 Å². The largest absolute Gasteiger partial charge is 0.287 e. The van der Waals surface area contributed by atoms with Gasteiger partial charge in [0.05, 0.1) is 5.50 Å². The van der Waals surface area contributed by atoms with Crippen molar-refractivity contribution < 1.29 is 0 Å². The zero-order valence-corrected chi connectivity index (χ0v) is 8.27. The van der Waals surface area contributed by atoms with Gasteiger partial charge in [-0.1, -0.05) is 20.3 Å². The first-order valence-corrected chi connectivity index (χ1v) is 5.03. The second-order valence-electron chi connectivity index (χ2n) is 3.71. The molecule has 1 unspecified atom stereocenters. The van der Waals surface area contributed by atoms with Crippen LogP contribution >= 0.6 is 11.6 Å². The molecule has 1 aliphatic rings. The first-order valence-electron chi connectivity index (χ1n) is 4.60. The fourth-order valence-corrected chi connectivity index (χ4v) is 1.78. The standard InChI is InChI=1S/C9H18ClN/c1-8(2)9(10)11-6-4-3-5-7-11/h8-9H,3-7H2,1-2H3. The molecule has 0 amide bonds. The number of piperidine rings is 1. The summed E-state index contributed by atoms with van der Waals surface area (Å²) in [5.74, 6) is 0.578. The van der Waals surface area contributed by atoms with E-state index in [2.05, 4.69) is 18.7 Å². The monoisotopic (exact) mass is 175 g/mol. The van der Waals surface area contributed by atoms with Gasteiger partial charge in [0.1, 0.15) is 0 Å². The van der Waals surface area contributed by atoms with Gasteiger partial charge in [0.2, 0.25) is 0 Å². The fourth-order valence-electron chi connectivity index (χ4n) is 1.59. The SMILES string of the molecule is CC(C)C(Cl)N1CCCCC1. The predicted molar refractivity (Wildman–Crippen MR) is 49.9 cm³/mol. The first kappa shape index (κ1) is 9.34. The maximum atomic E-state index is 6.22. The molecule has 0 saturated carbocycles. The Morgan fingerprint density at radius 1 is 1.09 bits per heavy atom. The number of hydrogen-bond donors (Lipinski definition) is 0. The van der Waals surface area contributed by atoms with E-state index in [0.29, 0.717) is 5.92 Å². The maximum absolute atomic E-state index is 6.22. The molecule has 11 heavy (non-hydrogen) atoms. The molecule has 0 radical (unpaired) electrons. The van der Waals surface area contributed by atoms with E-state index in [-0.39, 0.29) is 5.50 Å². The van der Waals surface area contributed by atoms with Crippen LogP contribution in [0, 0.1) is 5.92 Å². The third kappa shape index (κ3) is 2.64. The Bertz CT molecular complexity index is 108. The van der Waals surface area contributed by atoms with E-state index >= 15 is 0 Å². The van der Waals surface area contributed by atoms with Crippen molar-refractivity contribution >= 4 is 11.6 Å². The summed E-state index contributed by atoms with van der Waals surface area (Å²) in [7, 11) is 0. The molecule has 1 rings (SSSR count). The zero-order valence-electron chi connectivity index (χ0n) is 7.52. The lowest BCUT2D eigenvalue weighted by molar-refractivity contribution is 0.180. The van der Waals surface area contributed by atoms with Crippen molar-refractivity contribution in [2.75, 3.05) is 13.1 Å². The summed E-state index contributed by atoms with van der Waals surface area (Å²) < 4.78 is 0. The zero-order chi connectivity index (χ0) is 8.27. The van der Waals surface area contributed by atoms with Crippen molar-refractivity contribution in [2.24, 2.45) is 5.92 Å². The van der Waals surface area contributed by atoms with Crippen LogP contribution in [0.25, 0.3) is 0 Å². The second-order valence-corrected chi connectivity index (χ2v) is 4.16. The lowest BCUT2D eigenvalue weighted by Gasteiger charge is -2.32. The van der Waals surface area contributed by atoms with Crippen molar-refractivity contribution in [1.82, 2.24) is 4.90 Å². The van der Waals surface area contributed by atoms with E-state index in [9.17, 15) is 0 Å². The van der Waals surface area contributed by atoms with Crippen LogP contribution in [0.3, 0.4) is 0 Å². The Morgan fingerprint density at radius 2 is 1.64 bits per heavy atom. The van der Waals surface area contributed by atoms with E-state index in [4.69, 9.17) is 11.6 Å². The lowest BCUT2D eigenvalue weighted by atomic mass is 10.1. The molecule has 1 fully saturated rings. The highest BCUT2D eigenvalue weighted by Gasteiger charge is 2.20. The normalized spacial score (nSPS) is 24.0. The smallest absolute Gasteiger partial charge is 0.0873 e. The Kier molecular flexibility index (Phi) is 3.67. The van der Waals surface area contributed by atoms with Crippen molar-refractivity contribution in [3.05, 3.63) is 0 Å². The highest BCUT2D eigenvalue weighted by atomic mass is 35.5. The molecule has 0 aliphatic carbocycles. The van der Waals surface area contributed by atoms with E-state index in [1.807, 2.05) is 0 Å². The Balaban J connectivity index is 2.32. The molecule has 0 aromatic rings. The van der Waals surface area contributed by atoms with Crippen LogP contribution < -0.4 is 0 Å². The molecular weight excluding hydrogens is 158 g/mol. The molecule has 1 atom stereocenters. The van der Waals surface area contributed by atoms with Gasteiger partial charge >= 0.3 is 0 Å². The number of nitrogens with zero attached hydrogens (tertiary/aromatic N) is 1. The molecular formula is C9H18ClN. The number of halogens is 1. The molecule has 0 spiro atoms. The van der Waals surface area contributed by atoms with Crippen molar-refractivity contribution in [2.45, 2.75) is 38.6 Å². The van der Waals surface area contributed by atoms with Crippen LogP contribution in [0.1, 0.15) is 33.1 Å². The molecule has 0 N–H and O–H groups in total. The Labute approximate surface area is 74.7 Å². The highest BCUT2D eigenvalue weighted by Crippen LogP contribution is 2.19. The van der Waals surface area contributed by atoms with Crippen molar-refractivity contribution in [3.8, 4) is 0 Å². The third-order valence-electron chi connectivity index (χ3n) is 2.29. The molecule has 0 aromatic carbocycles. The molecule has 1 saturated heterocycles. The molecule has 0 bridgehead atoms. The average Bonchev–Trinajstić information content (AvgIpc) is 2.05. The number of rotatable bonds is 2. The Hall–Kier alpha value is 0.250. The van der Waals surface area contributed by atoms with Gasteiger partial charge in [-0.05, 0) is 31.8 Å². The topological polar surface area (TPSA) is 3.24 Å². The van der Waals surface area contributed by atoms with Gasteiger partial charge in [-0.3, -0.25) is 4.90 Å². The molecule has 0 aromatic heterocycles. The Morgan fingerprint density at radius 3 is 2.09 bits per heavy atom. The summed E-state index contributed by atoms with van der Waals surface area (Å²) >= 11 is 6.22. The molecule has 1 aliphatic heterocycles. The van der Waals surface area contributed by atoms with Gasteiger partial charge in [0.15, 0.2) is 0 Å². The molecule has 1 heterocycles. The molecule has 66 valence electrons. The predicted octanol–water partition coefficient (Wildman–Crippen LogP) is 2.69. The number of likely N-dealkylation sites (tertiary alicyclic amines) is 1. The summed E-state index contributed by atoms with van der Waals surface area (Å²) in [4.78, 5) is 2.40. The lowest BCUT2D eigenvalue weighted by Crippen LogP contribution is -2.38. The van der Waals surface area contributed by atoms with E-state index in [1.165, 1.54) is 32.4 Å². The van der Waals surface area contributed by atoms with Gasteiger partial charge < -0.3 is 0 Å². The summed E-state index contributed by atoms with van der Waals surface area (Å²) in [6.07, 6.45) is 4.05. The summed E-state index contributed by atoms with van der Waals surface area (Å²) in [5, 5.41) is 0. The van der Waals surface area contributed by atoms with Crippen LogP contribution in [0.2, 0.25) is 0 Å². The minimum Gasteiger partial charge on any atom is -0.287 e. The quantitative estimate of drug-likeness (QED) is 0.461. The van der Waals surface area contributed by atoms with Crippen LogP contribution in [-0.2, 0) is 0 Å². The first-order chi connectivity index (χ1) is 5.22. The summed E-state index contributed by atoms with van der Waals surface area (Å²) in [6, 6.07) is 0. The van der Waals surface area contributed by atoms with Crippen molar-refractivity contribution in [1.29, 1.82) is 0 Å². The maximum Gasteiger partial charge on any atom is 0.0873 e. The van der Waals surface area contributed by atoms with E-state index < -0.39 is 0 Å². The van der Waals surface area contributed by atoms with Crippen LogP contribution in [0.5, 0.6) is 0 Å². The van der Waals surface area contributed by atoms with E-state index in [0.717, 1.165) is 0 Å². The van der Waals surface area contributed by atoms with Crippen LogP contribution in [0.4, 0.5) is 0 Å². The second kappa shape index (κ2) is 4.32. The minimum atomic E-state index is 0.260. The highest BCUT2D eigenvalue weighted by molar-refractivity contribution is 6.20. The van der Waals surface area contributed by atoms with Gasteiger partial charge in [-0.15, -0.1) is 11.6 Å². The third-order valence-corrected chi connectivity index (χ3v) is 3.07. The number of hydrogen-bond acceptors (Lipinski definition) is 1. The average molecular weight is 176 g/mol. The van der Waals surface area contributed by atoms with Gasteiger partial charge in [-0.2, -0.15) is 0 Å². The molecule has 1 nitrogen and oxygen atoms in total. The van der Waals surface area contributed by atoms with Crippen LogP contribution in [0.15, 0.2) is 0 Å².